The van der Waals surface area contributed by atoms with E-state index in [1.807, 2.05) is 6.07 Å². The van der Waals surface area contributed by atoms with Gasteiger partial charge < -0.3 is 0 Å². The van der Waals surface area contributed by atoms with Crippen molar-refractivity contribution in [1.29, 1.82) is 0 Å². The van der Waals surface area contributed by atoms with Crippen LogP contribution in [0.15, 0.2) is 65.9 Å². The quantitative estimate of drug-likeness (QED) is 0.653. The van der Waals surface area contributed by atoms with E-state index in [-0.39, 0.29) is 0 Å². The van der Waals surface area contributed by atoms with Crippen LogP contribution in [0.2, 0.25) is 0 Å². The molecule has 0 radical (unpaired) electrons. The van der Waals surface area contributed by atoms with Gasteiger partial charge in [0, 0.05) is 0 Å². The van der Waals surface area contributed by atoms with Gasteiger partial charge in [0.2, 0.25) is 0 Å². The predicted octanol–water partition coefficient (Wildman–Crippen LogP) is 5.19. The van der Waals surface area contributed by atoms with Gasteiger partial charge in [0.1, 0.15) is 0 Å². The Kier molecular flexibility index (Phi) is 4.78. The molecule has 0 saturated heterocycles. The van der Waals surface area contributed by atoms with E-state index in [0.29, 0.717) is 0 Å². The van der Waals surface area contributed by atoms with E-state index in [9.17, 15) is 0 Å². The lowest BCUT2D eigenvalue weighted by molar-refractivity contribution is 0.943. The summed E-state index contributed by atoms with van der Waals surface area (Å²) in [5.74, 6) is 0. The van der Waals surface area contributed by atoms with Gasteiger partial charge in [0.05, 0.1) is 0 Å². The van der Waals surface area contributed by atoms with Crippen molar-refractivity contribution < 1.29 is 0 Å². The first-order valence-corrected chi connectivity index (χ1v) is 6.77. The summed E-state index contributed by atoms with van der Waals surface area (Å²) in [6.07, 6.45) is 4.21. The SMILES string of the molecule is CC(=C=Cc1ccccc1)CCc1ccc(C)cc1. The summed E-state index contributed by atoms with van der Waals surface area (Å²) in [4.78, 5) is 0. The molecule has 0 spiro atoms. The van der Waals surface area contributed by atoms with E-state index in [4.69, 9.17) is 0 Å². The minimum Gasteiger partial charge on any atom is -0.121 e. The third-order valence-corrected chi connectivity index (χ3v) is 3.19. The van der Waals surface area contributed by atoms with Gasteiger partial charge in [-0.2, -0.15) is 0 Å². The maximum Gasteiger partial charge on any atom is -0.0128 e. The van der Waals surface area contributed by atoms with E-state index in [2.05, 4.69) is 74.2 Å². The molecular weight excluding hydrogens is 228 g/mol. The van der Waals surface area contributed by atoms with E-state index < -0.39 is 0 Å². The second kappa shape index (κ2) is 6.78. The summed E-state index contributed by atoms with van der Waals surface area (Å²) in [6, 6.07) is 19.1. The summed E-state index contributed by atoms with van der Waals surface area (Å²) in [5, 5.41) is 0. The first-order chi connectivity index (χ1) is 9.24. The van der Waals surface area contributed by atoms with Crippen LogP contribution in [0.4, 0.5) is 0 Å². The zero-order chi connectivity index (χ0) is 13.5. The molecule has 0 aliphatic heterocycles. The lowest BCUT2D eigenvalue weighted by atomic mass is 10.0. The van der Waals surface area contributed by atoms with E-state index in [0.717, 1.165) is 12.8 Å². The summed E-state index contributed by atoms with van der Waals surface area (Å²) >= 11 is 0. The Hall–Kier alpha value is -2.04. The predicted molar refractivity (Wildman–Crippen MR) is 83.1 cm³/mol. The van der Waals surface area contributed by atoms with Crippen LogP contribution in [-0.2, 0) is 6.42 Å². The fourth-order valence-corrected chi connectivity index (χ4v) is 1.91. The molecule has 2 aromatic rings. The van der Waals surface area contributed by atoms with Gasteiger partial charge in [-0.3, -0.25) is 0 Å². The fourth-order valence-electron chi connectivity index (χ4n) is 1.91. The van der Waals surface area contributed by atoms with Crippen LogP contribution in [0.1, 0.15) is 30.0 Å². The number of benzene rings is 2. The van der Waals surface area contributed by atoms with E-state index >= 15 is 0 Å². The van der Waals surface area contributed by atoms with E-state index in [1.165, 1.54) is 22.3 Å². The molecule has 0 aliphatic carbocycles. The maximum atomic E-state index is 3.37. The van der Waals surface area contributed by atoms with Gasteiger partial charge >= 0.3 is 0 Å². The number of aryl methyl sites for hydroxylation is 2. The summed E-state index contributed by atoms with van der Waals surface area (Å²) in [6.45, 7) is 4.27. The van der Waals surface area contributed by atoms with Crippen LogP contribution in [0.5, 0.6) is 0 Å². The van der Waals surface area contributed by atoms with Gasteiger partial charge in [0.25, 0.3) is 0 Å². The molecule has 0 unspecified atom stereocenters. The topological polar surface area (TPSA) is 0 Å². The van der Waals surface area contributed by atoms with Crippen molar-refractivity contribution in [2.75, 3.05) is 0 Å². The molecule has 96 valence electrons. The second-order valence-corrected chi connectivity index (χ2v) is 4.97. The molecule has 0 nitrogen and oxygen atoms in total. The molecule has 0 bridgehead atoms. The first-order valence-electron chi connectivity index (χ1n) is 6.77. The monoisotopic (exact) mass is 248 g/mol. The van der Waals surface area contributed by atoms with Crippen molar-refractivity contribution in [2.24, 2.45) is 0 Å². The highest BCUT2D eigenvalue weighted by Gasteiger charge is 1.94. The molecule has 0 aliphatic rings. The zero-order valence-electron chi connectivity index (χ0n) is 11.7. The zero-order valence-corrected chi connectivity index (χ0v) is 11.7. The van der Waals surface area contributed by atoms with Gasteiger partial charge in [-0.05, 0) is 49.5 Å². The molecule has 2 aromatic carbocycles. The van der Waals surface area contributed by atoms with Crippen LogP contribution in [0.25, 0.3) is 6.08 Å². The Labute approximate surface area is 116 Å². The second-order valence-electron chi connectivity index (χ2n) is 4.97. The van der Waals surface area contributed by atoms with Crippen LogP contribution >= 0.6 is 0 Å². The molecule has 0 fully saturated rings. The Morgan fingerprint density at radius 3 is 2.37 bits per heavy atom. The average molecular weight is 248 g/mol. The Bertz CT molecular complexity index is 567. The Balaban J connectivity index is 1.96. The molecule has 2 rings (SSSR count). The highest BCUT2D eigenvalue weighted by Crippen LogP contribution is 2.10. The van der Waals surface area contributed by atoms with Crippen molar-refractivity contribution in [3.05, 3.63) is 82.6 Å². The summed E-state index contributed by atoms with van der Waals surface area (Å²) in [7, 11) is 0. The van der Waals surface area contributed by atoms with Gasteiger partial charge in [-0.15, -0.1) is 5.73 Å². The molecule has 19 heavy (non-hydrogen) atoms. The molecule has 0 aromatic heterocycles. The van der Waals surface area contributed by atoms with Gasteiger partial charge in [-0.25, -0.2) is 0 Å². The van der Waals surface area contributed by atoms with Gasteiger partial charge in [-0.1, -0.05) is 60.2 Å². The third-order valence-electron chi connectivity index (χ3n) is 3.19. The molecule has 0 heteroatoms. The molecule has 0 saturated carbocycles. The van der Waals surface area contributed by atoms with Crippen molar-refractivity contribution in [1.82, 2.24) is 0 Å². The number of hydrogen-bond donors (Lipinski definition) is 0. The van der Waals surface area contributed by atoms with Crippen molar-refractivity contribution in [2.45, 2.75) is 26.7 Å². The summed E-state index contributed by atoms with van der Waals surface area (Å²) < 4.78 is 0. The van der Waals surface area contributed by atoms with Crippen LogP contribution < -0.4 is 0 Å². The lowest BCUT2D eigenvalue weighted by Gasteiger charge is -2.01. The minimum atomic E-state index is 1.06. The average Bonchev–Trinajstić information content (AvgIpc) is 2.45. The fraction of sp³-hybridized carbons (Fsp3) is 0.211. The largest absolute Gasteiger partial charge is 0.121 e. The molecule has 0 amide bonds. The molecule has 0 N–H and O–H groups in total. The summed E-state index contributed by atoms with van der Waals surface area (Å²) in [5.41, 5.74) is 8.59. The maximum absolute atomic E-state index is 3.37. The van der Waals surface area contributed by atoms with E-state index in [1.54, 1.807) is 0 Å². The van der Waals surface area contributed by atoms with Crippen molar-refractivity contribution in [3.63, 3.8) is 0 Å². The first kappa shape index (κ1) is 13.4. The third kappa shape index (κ3) is 4.62. The molecule has 0 heterocycles. The number of rotatable bonds is 4. The van der Waals surface area contributed by atoms with Crippen LogP contribution in [0.3, 0.4) is 0 Å². The Morgan fingerprint density at radius 2 is 1.68 bits per heavy atom. The number of hydrogen-bond acceptors (Lipinski definition) is 0. The lowest BCUT2D eigenvalue weighted by Crippen LogP contribution is -1.86. The highest BCUT2D eigenvalue weighted by molar-refractivity contribution is 5.48. The number of allylic oxidation sites excluding steroid dienone is 1. The highest BCUT2D eigenvalue weighted by atomic mass is 14.0. The van der Waals surface area contributed by atoms with Gasteiger partial charge in [0.15, 0.2) is 0 Å². The van der Waals surface area contributed by atoms with Crippen LogP contribution in [0, 0.1) is 6.92 Å². The normalized spacial score (nSPS) is 9.79. The molecule has 0 atom stereocenters. The minimum absolute atomic E-state index is 1.06. The standard InChI is InChI=1S/C19H20/c1-16(8-12-18-6-4-3-5-7-18)9-13-19-14-10-17(2)11-15-19/h3-7,10-12,14-15H,9,13H2,1-2H3. The molecular formula is C19H20. The smallest absolute Gasteiger partial charge is 0.0128 e. The van der Waals surface area contributed by atoms with Crippen molar-refractivity contribution >= 4 is 6.08 Å². The van der Waals surface area contributed by atoms with Crippen molar-refractivity contribution in [3.8, 4) is 0 Å². The van der Waals surface area contributed by atoms with Crippen LogP contribution in [-0.4, -0.2) is 0 Å². The Morgan fingerprint density at radius 1 is 1.00 bits per heavy atom.